The number of benzene rings is 1. The van der Waals surface area contributed by atoms with Crippen molar-refractivity contribution in [1.29, 1.82) is 0 Å². The minimum Gasteiger partial charge on any atom is -0.376 e. The number of rotatable bonds is 6. The number of amides is 1. The molecule has 3 heteroatoms. The summed E-state index contributed by atoms with van der Waals surface area (Å²) in [6.45, 7) is 5.49. The highest BCUT2D eigenvalue weighted by molar-refractivity contribution is 5.80. The van der Waals surface area contributed by atoms with Crippen LogP contribution in [0.5, 0.6) is 0 Å². The summed E-state index contributed by atoms with van der Waals surface area (Å²) in [7, 11) is 1.86. The van der Waals surface area contributed by atoms with Gasteiger partial charge in [-0.2, -0.15) is 0 Å². The molecule has 0 saturated carbocycles. The predicted molar refractivity (Wildman–Crippen MR) is 72.0 cm³/mol. The van der Waals surface area contributed by atoms with Gasteiger partial charge in [-0.25, -0.2) is 0 Å². The standard InChI is InChI=1S/C14H22N2O/c1-4-12(2)11-16(3)14(17)10-15-13-8-6-5-7-9-13/h5-9,12,15H,4,10-11H2,1-3H3. The first kappa shape index (κ1) is 13.6. The molecule has 0 aliphatic rings. The van der Waals surface area contributed by atoms with Gasteiger partial charge < -0.3 is 10.2 Å². The third-order valence-electron chi connectivity index (χ3n) is 2.93. The Morgan fingerprint density at radius 1 is 1.35 bits per heavy atom. The van der Waals surface area contributed by atoms with Gasteiger partial charge in [0.05, 0.1) is 6.54 Å². The lowest BCUT2D eigenvalue weighted by atomic mass is 10.1. The fourth-order valence-electron chi connectivity index (χ4n) is 1.57. The van der Waals surface area contributed by atoms with Crippen molar-refractivity contribution >= 4 is 11.6 Å². The van der Waals surface area contributed by atoms with E-state index in [1.165, 1.54) is 0 Å². The lowest BCUT2D eigenvalue weighted by Gasteiger charge is -2.21. The predicted octanol–water partition coefficient (Wildman–Crippen LogP) is 2.60. The molecule has 0 bridgehead atoms. The molecule has 1 aromatic rings. The fourth-order valence-corrected chi connectivity index (χ4v) is 1.57. The summed E-state index contributed by atoms with van der Waals surface area (Å²) in [5, 5.41) is 3.13. The number of carbonyl (C=O) groups is 1. The van der Waals surface area contributed by atoms with Crippen LogP contribution < -0.4 is 5.32 Å². The zero-order valence-electron chi connectivity index (χ0n) is 10.9. The number of nitrogens with zero attached hydrogens (tertiary/aromatic N) is 1. The second kappa shape index (κ2) is 6.94. The Labute approximate surface area is 104 Å². The van der Waals surface area contributed by atoms with E-state index >= 15 is 0 Å². The maximum atomic E-state index is 11.8. The van der Waals surface area contributed by atoms with E-state index in [0.717, 1.165) is 18.7 Å². The SMILES string of the molecule is CCC(C)CN(C)C(=O)CNc1ccccc1. The molecule has 0 aliphatic heterocycles. The monoisotopic (exact) mass is 234 g/mol. The Morgan fingerprint density at radius 3 is 2.59 bits per heavy atom. The molecular weight excluding hydrogens is 212 g/mol. The zero-order valence-corrected chi connectivity index (χ0v) is 10.9. The molecule has 17 heavy (non-hydrogen) atoms. The lowest BCUT2D eigenvalue weighted by molar-refractivity contribution is -0.128. The zero-order chi connectivity index (χ0) is 12.7. The van der Waals surface area contributed by atoms with Crippen LogP contribution in [0.3, 0.4) is 0 Å². The number of carbonyl (C=O) groups excluding carboxylic acids is 1. The molecule has 1 atom stereocenters. The molecule has 1 rings (SSSR count). The van der Waals surface area contributed by atoms with Crippen LogP contribution in [0.1, 0.15) is 20.3 Å². The molecule has 0 spiro atoms. The lowest BCUT2D eigenvalue weighted by Crippen LogP contribution is -2.35. The molecule has 3 nitrogen and oxygen atoms in total. The second-order valence-electron chi connectivity index (χ2n) is 4.51. The van der Waals surface area contributed by atoms with Gasteiger partial charge >= 0.3 is 0 Å². The minimum atomic E-state index is 0.133. The van der Waals surface area contributed by atoms with Crippen molar-refractivity contribution in [2.75, 3.05) is 25.5 Å². The summed E-state index contributed by atoms with van der Waals surface area (Å²) in [5.74, 6) is 0.690. The van der Waals surface area contributed by atoms with Crippen LogP contribution in [0, 0.1) is 5.92 Å². The Balaban J connectivity index is 2.34. The van der Waals surface area contributed by atoms with Crippen LogP contribution in [-0.2, 0) is 4.79 Å². The molecule has 1 amide bonds. The van der Waals surface area contributed by atoms with E-state index in [2.05, 4.69) is 19.2 Å². The van der Waals surface area contributed by atoms with Gasteiger partial charge in [0.25, 0.3) is 0 Å². The molecule has 0 heterocycles. The van der Waals surface area contributed by atoms with Crippen molar-refractivity contribution in [2.45, 2.75) is 20.3 Å². The van der Waals surface area contributed by atoms with E-state index in [1.807, 2.05) is 37.4 Å². The van der Waals surface area contributed by atoms with Crippen molar-refractivity contribution < 1.29 is 4.79 Å². The highest BCUT2D eigenvalue weighted by atomic mass is 16.2. The number of likely N-dealkylation sites (N-methyl/N-ethyl adjacent to an activating group) is 1. The molecule has 0 saturated heterocycles. The third kappa shape index (κ3) is 4.89. The summed E-state index contributed by atoms with van der Waals surface area (Å²) in [6.07, 6.45) is 1.10. The molecule has 1 unspecified atom stereocenters. The number of para-hydroxylation sites is 1. The van der Waals surface area contributed by atoms with E-state index in [0.29, 0.717) is 12.5 Å². The summed E-state index contributed by atoms with van der Waals surface area (Å²) >= 11 is 0. The highest BCUT2D eigenvalue weighted by Crippen LogP contribution is 2.06. The van der Waals surface area contributed by atoms with Gasteiger partial charge in [-0.05, 0) is 18.1 Å². The molecule has 0 fully saturated rings. The summed E-state index contributed by atoms with van der Waals surface area (Å²) in [4.78, 5) is 13.6. The van der Waals surface area contributed by atoms with Gasteiger partial charge in [0, 0.05) is 19.3 Å². The maximum Gasteiger partial charge on any atom is 0.241 e. The summed E-state index contributed by atoms with van der Waals surface area (Å²) in [6, 6.07) is 9.79. The molecule has 94 valence electrons. The van der Waals surface area contributed by atoms with Gasteiger partial charge in [0.15, 0.2) is 0 Å². The van der Waals surface area contributed by atoms with Gasteiger partial charge in [0.2, 0.25) is 5.91 Å². The van der Waals surface area contributed by atoms with Crippen LogP contribution in [0.4, 0.5) is 5.69 Å². The van der Waals surface area contributed by atoms with E-state index in [-0.39, 0.29) is 5.91 Å². The summed E-state index contributed by atoms with van der Waals surface area (Å²) < 4.78 is 0. The molecular formula is C14H22N2O. The van der Waals surface area contributed by atoms with E-state index in [1.54, 1.807) is 4.90 Å². The Kier molecular flexibility index (Phi) is 5.53. The van der Waals surface area contributed by atoms with Gasteiger partial charge in [0.1, 0.15) is 0 Å². The second-order valence-corrected chi connectivity index (χ2v) is 4.51. The van der Waals surface area contributed by atoms with Crippen molar-refractivity contribution in [3.05, 3.63) is 30.3 Å². The fraction of sp³-hybridized carbons (Fsp3) is 0.500. The molecule has 0 aromatic heterocycles. The van der Waals surface area contributed by atoms with Crippen LogP contribution in [-0.4, -0.2) is 30.9 Å². The number of hydrogen-bond donors (Lipinski definition) is 1. The van der Waals surface area contributed by atoms with Gasteiger partial charge in [-0.15, -0.1) is 0 Å². The first-order valence-corrected chi connectivity index (χ1v) is 6.16. The molecule has 1 N–H and O–H groups in total. The number of hydrogen-bond acceptors (Lipinski definition) is 2. The number of nitrogens with one attached hydrogen (secondary N) is 1. The van der Waals surface area contributed by atoms with E-state index in [9.17, 15) is 4.79 Å². The first-order chi connectivity index (χ1) is 8.13. The average molecular weight is 234 g/mol. The summed E-state index contributed by atoms with van der Waals surface area (Å²) in [5.41, 5.74) is 0.984. The Hall–Kier alpha value is -1.51. The smallest absolute Gasteiger partial charge is 0.241 e. The molecule has 0 radical (unpaired) electrons. The van der Waals surface area contributed by atoms with E-state index in [4.69, 9.17) is 0 Å². The van der Waals surface area contributed by atoms with Gasteiger partial charge in [-0.1, -0.05) is 38.5 Å². The first-order valence-electron chi connectivity index (χ1n) is 6.16. The minimum absolute atomic E-state index is 0.133. The van der Waals surface area contributed by atoms with Crippen molar-refractivity contribution in [2.24, 2.45) is 5.92 Å². The maximum absolute atomic E-state index is 11.8. The topological polar surface area (TPSA) is 32.3 Å². The van der Waals surface area contributed by atoms with E-state index < -0.39 is 0 Å². The van der Waals surface area contributed by atoms with Crippen molar-refractivity contribution in [3.8, 4) is 0 Å². The van der Waals surface area contributed by atoms with Crippen LogP contribution in [0.15, 0.2) is 30.3 Å². The normalized spacial score (nSPS) is 11.9. The Morgan fingerprint density at radius 2 is 2.00 bits per heavy atom. The van der Waals surface area contributed by atoms with Gasteiger partial charge in [-0.3, -0.25) is 4.79 Å². The van der Waals surface area contributed by atoms with Crippen molar-refractivity contribution in [1.82, 2.24) is 4.90 Å². The largest absolute Gasteiger partial charge is 0.376 e. The number of anilines is 1. The van der Waals surface area contributed by atoms with Crippen LogP contribution in [0.2, 0.25) is 0 Å². The van der Waals surface area contributed by atoms with Crippen LogP contribution in [0.25, 0.3) is 0 Å². The average Bonchev–Trinajstić information content (AvgIpc) is 2.36. The van der Waals surface area contributed by atoms with Crippen molar-refractivity contribution in [3.63, 3.8) is 0 Å². The van der Waals surface area contributed by atoms with Crippen LogP contribution >= 0.6 is 0 Å². The third-order valence-corrected chi connectivity index (χ3v) is 2.93. The molecule has 1 aromatic carbocycles. The Bertz CT molecular complexity index is 337. The molecule has 0 aliphatic carbocycles. The highest BCUT2D eigenvalue weighted by Gasteiger charge is 2.10. The quantitative estimate of drug-likeness (QED) is 0.820.